The van der Waals surface area contributed by atoms with Crippen LogP contribution in [0.1, 0.15) is 11.1 Å². The van der Waals surface area contributed by atoms with Gasteiger partial charge in [-0.05, 0) is 58.5 Å². The van der Waals surface area contributed by atoms with Gasteiger partial charge >= 0.3 is 0 Å². The minimum absolute atomic E-state index is 0.145. The fourth-order valence-electron chi connectivity index (χ4n) is 3.54. The Hall–Kier alpha value is -2.38. The van der Waals surface area contributed by atoms with Gasteiger partial charge in [-0.3, -0.25) is 4.79 Å². The maximum atomic E-state index is 13.5. The second-order valence-electron chi connectivity index (χ2n) is 6.59. The number of amides is 1. The van der Waals surface area contributed by atoms with Crippen molar-refractivity contribution in [2.75, 3.05) is 16.8 Å². The lowest BCUT2D eigenvalue weighted by Gasteiger charge is -2.29. The number of nitrogens with zero attached hydrogens (tertiary/aromatic N) is 1. The summed E-state index contributed by atoms with van der Waals surface area (Å²) >= 11 is 2.24. The Morgan fingerprint density at radius 2 is 1.59 bits per heavy atom. The molecule has 3 aromatic carbocycles. The highest BCUT2D eigenvalue weighted by molar-refractivity contribution is 14.1. The number of nitrogens with one attached hydrogen (secondary N) is 1. The number of aliphatic hydroxyl groups is 1. The Labute approximate surface area is 172 Å². The highest BCUT2D eigenvalue weighted by Gasteiger charge is 2.50. The molecule has 2 N–H and O–H groups in total. The molecule has 0 aromatic heterocycles. The highest BCUT2D eigenvalue weighted by Crippen LogP contribution is 2.42. The number of carbonyl (C=O) groups is 1. The summed E-state index contributed by atoms with van der Waals surface area (Å²) in [5, 5.41) is 13.6. The molecular weight excluding hydrogens is 451 g/mol. The molecule has 4 rings (SSSR count). The molecule has 136 valence electrons. The predicted molar refractivity (Wildman–Crippen MR) is 116 cm³/mol. The van der Waals surface area contributed by atoms with Crippen molar-refractivity contribution in [2.45, 2.75) is 12.1 Å². The normalized spacial score (nSPS) is 18.4. The summed E-state index contributed by atoms with van der Waals surface area (Å²) in [5.74, 6) is -0.145. The predicted octanol–water partition coefficient (Wildman–Crippen LogP) is 4.14. The van der Waals surface area contributed by atoms with E-state index in [1.54, 1.807) is 4.90 Å². The van der Waals surface area contributed by atoms with Crippen molar-refractivity contribution in [3.63, 3.8) is 0 Å². The SMILES string of the molecule is O=C1N(Cc2ccccc2)c2ccccc2C1(CO)Nc1ccc(I)cc1. The van der Waals surface area contributed by atoms with Crippen molar-refractivity contribution >= 4 is 39.9 Å². The Bertz CT molecular complexity index is 960. The zero-order valence-corrected chi connectivity index (χ0v) is 16.8. The van der Waals surface area contributed by atoms with Crippen molar-refractivity contribution < 1.29 is 9.90 Å². The average molecular weight is 470 g/mol. The molecule has 4 nitrogen and oxygen atoms in total. The minimum Gasteiger partial charge on any atom is -0.393 e. The first-order chi connectivity index (χ1) is 13.1. The van der Waals surface area contributed by atoms with Crippen LogP contribution in [-0.2, 0) is 16.9 Å². The van der Waals surface area contributed by atoms with Gasteiger partial charge in [0.05, 0.1) is 18.8 Å². The third-order valence-corrected chi connectivity index (χ3v) is 5.61. The largest absolute Gasteiger partial charge is 0.393 e. The third-order valence-electron chi connectivity index (χ3n) is 4.89. The second-order valence-corrected chi connectivity index (χ2v) is 7.84. The molecule has 27 heavy (non-hydrogen) atoms. The van der Waals surface area contributed by atoms with E-state index in [2.05, 4.69) is 27.9 Å². The molecule has 1 aliphatic heterocycles. The maximum Gasteiger partial charge on any atom is 0.260 e. The Kier molecular flexibility index (Phi) is 4.88. The molecule has 3 aromatic rings. The molecule has 0 saturated carbocycles. The van der Waals surface area contributed by atoms with E-state index in [4.69, 9.17) is 0 Å². The lowest BCUT2D eigenvalue weighted by Crippen LogP contribution is -2.48. The number of hydrogen-bond donors (Lipinski definition) is 2. The van der Waals surface area contributed by atoms with Crippen molar-refractivity contribution in [3.8, 4) is 0 Å². The summed E-state index contributed by atoms with van der Waals surface area (Å²) in [6.45, 7) is 0.146. The Morgan fingerprint density at radius 1 is 0.926 bits per heavy atom. The van der Waals surface area contributed by atoms with Crippen molar-refractivity contribution in [1.82, 2.24) is 0 Å². The van der Waals surface area contributed by atoms with Gasteiger partial charge in [-0.15, -0.1) is 0 Å². The number of benzene rings is 3. The molecule has 5 heteroatoms. The van der Waals surface area contributed by atoms with Crippen LogP contribution in [-0.4, -0.2) is 17.6 Å². The average Bonchev–Trinajstić information content (AvgIpc) is 2.94. The lowest BCUT2D eigenvalue weighted by molar-refractivity contribution is -0.123. The van der Waals surface area contributed by atoms with Crippen molar-refractivity contribution in [1.29, 1.82) is 0 Å². The molecule has 0 aliphatic carbocycles. The van der Waals surface area contributed by atoms with E-state index in [1.165, 1.54) is 0 Å². The molecule has 1 unspecified atom stereocenters. The monoisotopic (exact) mass is 470 g/mol. The first kappa shape index (κ1) is 18.0. The number of aliphatic hydroxyl groups excluding tert-OH is 1. The molecule has 0 saturated heterocycles. The van der Waals surface area contributed by atoms with Crippen LogP contribution in [0, 0.1) is 3.57 Å². The van der Waals surface area contributed by atoms with Gasteiger partial charge in [-0.1, -0.05) is 48.5 Å². The van der Waals surface area contributed by atoms with Gasteiger partial charge in [0.2, 0.25) is 0 Å². The summed E-state index contributed by atoms with van der Waals surface area (Å²) in [4.78, 5) is 15.2. The number of fused-ring (bicyclic) bond motifs is 1. The van der Waals surface area contributed by atoms with Crippen LogP contribution >= 0.6 is 22.6 Å². The van der Waals surface area contributed by atoms with Gasteiger partial charge in [0, 0.05) is 14.8 Å². The Balaban J connectivity index is 1.75. The van der Waals surface area contributed by atoms with Gasteiger partial charge in [-0.2, -0.15) is 0 Å². The fraction of sp³-hybridized carbons (Fsp3) is 0.136. The molecule has 0 fully saturated rings. The standard InChI is InChI=1S/C22H19IN2O2/c23-17-10-12-18(13-11-17)24-22(15-26)19-8-4-5-9-20(19)25(21(22)27)14-16-6-2-1-3-7-16/h1-13,24,26H,14-15H2. The van der Waals surface area contributed by atoms with E-state index < -0.39 is 5.54 Å². The lowest BCUT2D eigenvalue weighted by atomic mass is 9.91. The molecule has 1 heterocycles. The van der Waals surface area contributed by atoms with Crippen LogP contribution in [0.25, 0.3) is 0 Å². The number of para-hydroxylation sites is 1. The van der Waals surface area contributed by atoms with E-state index in [-0.39, 0.29) is 12.5 Å². The van der Waals surface area contributed by atoms with Crippen LogP contribution in [0.4, 0.5) is 11.4 Å². The first-order valence-electron chi connectivity index (χ1n) is 8.74. The summed E-state index contributed by atoms with van der Waals surface area (Å²) in [7, 11) is 0. The van der Waals surface area contributed by atoms with Gasteiger partial charge in [0.1, 0.15) is 0 Å². The molecule has 1 aliphatic rings. The zero-order chi connectivity index (χ0) is 18.9. The topological polar surface area (TPSA) is 52.6 Å². The van der Waals surface area contributed by atoms with Crippen LogP contribution in [0.15, 0.2) is 78.9 Å². The number of rotatable bonds is 5. The van der Waals surface area contributed by atoms with Gasteiger partial charge < -0.3 is 15.3 Å². The molecule has 0 bridgehead atoms. The number of hydrogen-bond acceptors (Lipinski definition) is 3. The smallest absolute Gasteiger partial charge is 0.260 e. The summed E-state index contributed by atoms with van der Waals surface area (Å²) in [6.07, 6.45) is 0. The zero-order valence-electron chi connectivity index (χ0n) is 14.6. The summed E-state index contributed by atoms with van der Waals surface area (Å²) in [6, 6.07) is 25.3. The number of carbonyl (C=O) groups excluding carboxylic acids is 1. The van der Waals surface area contributed by atoms with Crippen molar-refractivity contribution in [3.05, 3.63) is 93.6 Å². The van der Waals surface area contributed by atoms with E-state index in [0.717, 1.165) is 26.1 Å². The second kappa shape index (κ2) is 7.32. The first-order valence-corrected chi connectivity index (χ1v) is 9.82. The van der Waals surface area contributed by atoms with Crippen LogP contribution in [0.3, 0.4) is 0 Å². The Morgan fingerprint density at radius 3 is 2.30 bits per heavy atom. The van der Waals surface area contributed by atoms with Crippen LogP contribution in [0.5, 0.6) is 0 Å². The summed E-state index contributed by atoms with van der Waals surface area (Å²) < 4.78 is 1.11. The third kappa shape index (κ3) is 3.21. The van der Waals surface area contributed by atoms with Gasteiger partial charge in [0.25, 0.3) is 5.91 Å². The van der Waals surface area contributed by atoms with Crippen LogP contribution in [0.2, 0.25) is 0 Å². The van der Waals surface area contributed by atoms with Gasteiger partial charge in [0.15, 0.2) is 5.54 Å². The van der Waals surface area contributed by atoms with E-state index >= 15 is 0 Å². The molecule has 0 spiro atoms. The maximum absolute atomic E-state index is 13.5. The van der Waals surface area contributed by atoms with Gasteiger partial charge in [-0.25, -0.2) is 0 Å². The van der Waals surface area contributed by atoms with E-state index in [1.807, 2.05) is 78.9 Å². The molecule has 1 atom stereocenters. The molecule has 1 amide bonds. The van der Waals surface area contributed by atoms with Crippen molar-refractivity contribution in [2.24, 2.45) is 0 Å². The quantitative estimate of drug-likeness (QED) is 0.552. The number of halogens is 1. The van der Waals surface area contributed by atoms with Crippen LogP contribution < -0.4 is 10.2 Å². The minimum atomic E-state index is -1.18. The summed E-state index contributed by atoms with van der Waals surface area (Å²) in [5.41, 5.74) is 2.29. The van der Waals surface area contributed by atoms with E-state index in [0.29, 0.717) is 6.54 Å². The number of anilines is 2. The highest BCUT2D eigenvalue weighted by atomic mass is 127. The fourth-order valence-corrected chi connectivity index (χ4v) is 3.90. The molecular formula is C22H19IN2O2. The molecule has 0 radical (unpaired) electrons. The van der Waals surface area contributed by atoms with E-state index in [9.17, 15) is 9.90 Å².